The van der Waals surface area contributed by atoms with Crippen LogP contribution in [0, 0.1) is 6.92 Å². The van der Waals surface area contributed by atoms with Crippen molar-refractivity contribution in [2.75, 3.05) is 10.6 Å². The van der Waals surface area contributed by atoms with E-state index in [-0.39, 0.29) is 12.2 Å². The van der Waals surface area contributed by atoms with Crippen molar-refractivity contribution in [2.24, 2.45) is 0 Å². The molecule has 24 heavy (non-hydrogen) atoms. The first-order valence-corrected chi connectivity index (χ1v) is 7.70. The van der Waals surface area contributed by atoms with Gasteiger partial charge in [-0.3, -0.25) is 14.4 Å². The fourth-order valence-corrected chi connectivity index (χ4v) is 2.36. The summed E-state index contributed by atoms with van der Waals surface area (Å²) in [6.07, 6.45) is -0.327. The van der Waals surface area contributed by atoms with Crippen molar-refractivity contribution in [2.45, 2.75) is 20.3 Å². The molecule has 2 aromatic carbocycles. The Bertz CT molecular complexity index is 803. The highest BCUT2D eigenvalue weighted by Gasteiger charge is 2.12. The van der Waals surface area contributed by atoms with Gasteiger partial charge in [-0.15, -0.1) is 0 Å². The molecule has 0 unspecified atom stereocenters. The lowest BCUT2D eigenvalue weighted by molar-refractivity contribution is -0.123. The lowest BCUT2D eigenvalue weighted by atomic mass is 10.1. The third-order valence-corrected chi connectivity index (χ3v) is 3.57. The second kappa shape index (κ2) is 7.75. The summed E-state index contributed by atoms with van der Waals surface area (Å²) in [6.45, 7) is 3.26. The molecule has 0 spiro atoms. The average Bonchev–Trinajstić information content (AvgIpc) is 2.50. The summed E-state index contributed by atoms with van der Waals surface area (Å²) in [5.74, 6) is -0.984. The van der Waals surface area contributed by atoms with Gasteiger partial charge in [0.05, 0.1) is 0 Å². The zero-order valence-electron chi connectivity index (χ0n) is 13.4. The summed E-state index contributed by atoms with van der Waals surface area (Å²) >= 11 is 5.86. The van der Waals surface area contributed by atoms with Crippen molar-refractivity contribution in [1.82, 2.24) is 0 Å². The van der Waals surface area contributed by atoms with Gasteiger partial charge in [0.15, 0.2) is 5.78 Å². The Labute approximate surface area is 145 Å². The van der Waals surface area contributed by atoms with Gasteiger partial charge in [-0.2, -0.15) is 0 Å². The first-order valence-electron chi connectivity index (χ1n) is 7.32. The van der Waals surface area contributed by atoms with Gasteiger partial charge in [-0.25, -0.2) is 0 Å². The summed E-state index contributed by atoms with van der Waals surface area (Å²) in [7, 11) is 0. The molecule has 5 nitrogen and oxygen atoms in total. The van der Waals surface area contributed by atoms with Crippen molar-refractivity contribution in [3.05, 3.63) is 58.6 Å². The van der Waals surface area contributed by atoms with Crippen molar-refractivity contribution >= 4 is 40.6 Å². The van der Waals surface area contributed by atoms with Gasteiger partial charge in [0.2, 0.25) is 11.8 Å². The van der Waals surface area contributed by atoms with Crippen molar-refractivity contribution < 1.29 is 14.4 Å². The number of hydrogen-bond acceptors (Lipinski definition) is 3. The monoisotopic (exact) mass is 344 g/mol. The minimum Gasteiger partial charge on any atom is -0.326 e. The topological polar surface area (TPSA) is 75.3 Å². The molecule has 0 fully saturated rings. The maximum absolute atomic E-state index is 12.0. The number of nitrogens with one attached hydrogen (secondary N) is 2. The standard InChI is InChI=1S/C18H17ClN2O3/c1-11-8-14(19)6-7-16(11)21-18(24)10-17(23)20-15-5-3-4-13(9-15)12(2)22/h3-9H,10H2,1-2H3,(H,20,23)(H,21,24). The van der Waals surface area contributed by atoms with Crippen molar-refractivity contribution in [3.8, 4) is 0 Å². The van der Waals surface area contributed by atoms with Crippen molar-refractivity contribution in [1.29, 1.82) is 0 Å². The van der Waals surface area contributed by atoms with Gasteiger partial charge in [0, 0.05) is 22.0 Å². The Hall–Kier alpha value is -2.66. The molecule has 6 heteroatoms. The van der Waals surface area contributed by atoms with Gasteiger partial charge in [0.25, 0.3) is 0 Å². The predicted octanol–water partition coefficient (Wildman–Crippen LogP) is 3.82. The number of Topliss-reactive ketones (excluding diaryl/α,β-unsaturated/α-hetero) is 1. The number of halogens is 1. The zero-order chi connectivity index (χ0) is 17.7. The van der Waals surface area contributed by atoms with Crippen LogP contribution in [0.4, 0.5) is 11.4 Å². The third kappa shape index (κ3) is 4.93. The number of aryl methyl sites for hydroxylation is 1. The fourth-order valence-electron chi connectivity index (χ4n) is 2.13. The van der Waals surface area contributed by atoms with E-state index in [1.54, 1.807) is 42.5 Å². The average molecular weight is 345 g/mol. The molecule has 2 rings (SSSR count). The molecule has 0 aliphatic rings. The maximum Gasteiger partial charge on any atom is 0.233 e. The highest BCUT2D eigenvalue weighted by atomic mass is 35.5. The molecule has 0 aromatic heterocycles. The predicted molar refractivity (Wildman–Crippen MR) is 94.5 cm³/mol. The van der Waals surface area contributed by atoms with E-state index in [9.17, 15) is 14.4 Å². The van der Waals surface area contributed by atoms with Crippen LogP contribution in [0.1, 0.15) is 29.3 Å². The second-order valence-corrected chi connectivity index (χ2v) is 5.81. The van der Waals surface area contributed by atoms with E-state index in [0.29, 0.717) is 22.0 Å². The molecule has 0 bridgehead atoms. The van der Waals surface area contributed by atoms with E-state index < -0.39 is 11.8 Å². The molecular weight excluding hydrogens is 328 g/mol. The normalized spacial score (nSPS) is 10.1. The number of carbonyl (C=O) groups excluding carboxylic acids is 3. The molecule has 0 saturated carbocycles. The van der Waals surface area contributed by atoms with Crippen LogP contribution < -0.4 is 10.6 Å². The number of anilines is 2. The smallest absolute Gasteiger partial charge is 0.233 e. The summed E-state index contributed by atoms with van der Waals surface area (Å²) in [4.78, 5) is 35.3. The molecule has 0 aliphatic heterocycles. The van der Waals surface area contributed by atoms with E-state index >= 15 is 0 Å². The summed E-state index contributed by atoms with van der Waals surface area (Å²) in [5.41, 5.74) is 2.39. The number of carbonyl (C=O) groups is 3. The van der Waals surface area contributed by atoms with Crippen LogP contribution in [0.15, 0.2) is 42.5 Å². The largest absolute Gasteiger partial charge is 0.326 e. The number of amides is 2. The first-order chi connectivity index (χ1) is 11.3. The minimum atomic E-state index is -0.459. The van der Waals surface area contributed by atoms with Crippen LogP contribution in [-0.4, -0.2) is 17.6 Å². The Morgan fingerprint density at radius 2 is 1.71 bits per heavy atom. The van der Waals surface area contributed by atoms with Crippen LogP contribution in [0.25, 0.3) is 0 Å². The van der Waals surface area contributed by atoms with Crippen LogP contribution >= 0.6 is 11.6 Å². The van der Waals surface area contributed by atoms with Crippen LogP contribution in [0.5, 0.6) is 0 Å². The summed E-state index contributed by atoms with van der Waals surface area (Å²) < 4.78 is 0. The molecule has 0 atom stereocenters. The quantitative estimate of drug-likeness (QED) is 0.639. The Morgan fingerprint density at radius 3 is 2.38 bits per heavy atom. The summed E-state index contributed by atoms with van der Waals surface area (Å²) in [6, 6.07) is 11.6. The molecule has 2 amide bonds. The third-order valence-electron chi connectivity index (χ3n) is 3.34. The molecule has 2 aromatic rings. The van der Waals surface area contributed by atoms with Gasteiger partial charge in [-0.05, 0) is 49.7 Å². The van der Waals surface area contributed by atoms with Gasteiger partial charge in [-0.1, -0.05) is 23.7 Å². The first kappa shape index (κ1) is 17.7. The number of benzene rings is 2. The Balaban J connectivity index is 1.95. The van der Waals surface area contributed by atoms with E-state index in [2.05, 4.69) is 10.6 Å². The minimum absolute atomic E-state index is 0.0953. The van der Waals surface area contributed by atoms with Crippen LogP contribution in [0.2, 0.25) is 5.02 Å². The molecule has 124 valence electrons. The Kier molecular flexibility index (Phi) is 5.71. The molecule has 0 heterocycles. The lowest BCUT2D eigenvalue weighted by Gasteiger charge is -2.09. The highest BCUT2D eigenvalue weighted by molar-refractivity contribution is 6.30. The lowest BCUT2D eigenvalue weighted by Crippen LogP contribution is -2.21. The van der Waals surface area contributed by atoms with E-state index in [0.717, 1.165) is 5.56 Å². The van der Waals surface area contributed by atoms with E-state index in [1.165, 1.54) is 6.92 Å². The van der Waals surface area contributed by atoms with Crippen LogP contribution in [0.3, 0.4) is 0 Å². The number of rotatable bonds is 5. The molecule has 0 radical (unpaired) electrons. The second-order valence-electron chi connectivity index (χ2n) is 5.37. The fraction of sp³-hybridized carbons (Fsp3) is 0.167. The van der Waals surface area contributed by atoms with Gasteiger partial charge in [0.1, 0.15) is 6.42 Å². The maximum atomic E-state index is 12.0. The highest BCUT2D eigenvalue weighted by Crippen LogP contribution is 2.19. The van der Waals surface area contributed by atoms with E-state index in [4.69, 9.17) is 11.6 Å². The molecule has 0 aliphatic carbocycles. The summed E-state index contributed by atoms with van der Waals surface area (Å²) in [5, 5.41) is 5.85. The zero-order valence-corrected chi connectivity index (χ0v) is 14.1. The SMILES string of the molecule is CC(=O)c1cccc(NC(=O)CC(=O)Nc2ccc(Cl)cc2C)c1. The van der Waals surface area contributed by atoms with Crippen molar-refractivity contribution in [3.63, 3.8) is 0 Å². The van der Waals surface area contributed by atoms with Gasteiger partial charge >= 0.3 is 0 Å². The van der Waals surface area contributed by atoms with Crippen LogP contribution in [-0.2, 0) is 9.59 Å². The molecular formula is C18H17ClN2O3. The number of hydrogen-bond donors (Lipinski definition) is 2. The molecule has 0 saturated heterocycles. The van der Waals surface area contributed by atoms with Gasteiger partial charge < -0.3 is 10.6 Å². The number of ketones is 1. The molecule has 2 N–H and O–H groups in total. The Morgan fingerprint density at radius 1 is 1.00 bits per heavy atom. The van der Waals surface area contributed by atoms with E-state index in [1.807, 2.05) is 6.92 Å².